The van der Waals surface area contributed by atoms with Gasteiger partial charge in [0.1, 0.15) is 5.75 Å². The van der Waals surface area contributed by atoms with E-state index >= 15 is 0 Å². The lowest BCUT2D eigenvalue weighted by Gasteiger charge is -2.08. The second-order valence-electron chi connectivity index (χ2n) is 5.93. The van der Waals surface area contributed by atoms with Crippen LogP contribution in [0.4, 0.5) is 0 Å². The van der Waals surface area contributed by atoms with E-state index in [4.69, 9.17) is 0 Å². The van der Waals surface area contributed by atoms with Crippen molar-refractivity contribution in [2.45, 2.75) is 40.2 Å². The van der Waals surface area contributed by atoms with E-state index in [9.17, 15) is 5.11 Å². The predicted molar refractivity (Wildman–Crippen MR) is 90.2 cm³/mol. The summed E-state index contributed by atoms with van der Waals surface area (Å²) in [4.78, 5) is 0. The smallest absolute Gasteiger partial charge is 0.121 e. The number of aromatic hydroxyl groups is 1. The molecule has 1 nitrogen and oxygen atoms in total. The first-order chi connectivity index (χ1) is 9.45. The monoisotopic (exact) mass is 284 g/mol. The SMILES string of the molecule is Cc1cc(C)cc([SiH2]CCc2cc(C)c(O)c(C)c2)c1. The molecule has 0 aliphatic rings. The van der Waals surface area contributed by atoms with Crippen LogP contribution in [0.3, 0.4) is 0 Å². The van der Waals surface area contributed by atoms with E-state index in [0.717, 1.165) is 17.5 Å². The molecule has 0 amide bonds. The summed E-state index contributed by atoms with van der Waals surface area (Å²) in [7, 11) is -0.195. The Bertz CT molecular complexity index is 574. The Balaban J connectivity index is 1.99. The summed E-state index contributed by atoms with van der Waals surface area (Å²) in [6.45, 7) is 8.32. The number of phenols is 1. The van der Waals surface area contributed by atoms with Crippen LogP contribution in [0.2, 0.25) is 6.04 Å². The van der Waals surface area contributed by atoms with Crippen molar-refractivity contribution in [1.82, 2.24) is 0 Å². The average molecular weight is 284 g/mol. The minimum atomic E-state index is -0.195. The van der Waals surface area contributed by atoms with E-state index in [2.05, 4.69) is 44.2 Å². The van der Waals surface area contributed by atoms with Gasteiger partial charge in [0.25, 0.3) is 0 Å². The molecule has 1 N–H and O–H groups in total. The normalized spacial score (nSPS) is 11.4. The third-order valence-electron chi connectivity index (χ3n) is 3.76. The summed E-state index contributed by atoms with van der Waals surface area (Å²) in [6.07, 6.45) is 1.13. The van der Waals surface area contributed by atoms with Crippen LogP contribution >= 0.6 is 0 Å². The molecule has 0 radical (unpaired) electrons. The molecule has 0 aliphatic heterocycles. The topological polar surface area (TPSA) is 20.2 Å². The van der Waals surface area contributed by atoms with Gasteiger partial charge in [-0.15, -0.1) is 0 Å². The molecule has 20 heavy (non-hydrogen) atoms. The minimum Gasteiger partial charge on any atom is -0.507 e. The molecule has 106 valence electrons. The highest BCUT2D eigenvalue weighted by Gasteiger charge is 2.04. The quantitative estimate of drug-likeness (QED) is 0.856. The zero-order valence-electron chi connectivity index (χ0n) is 13.0. The molecule has 0 atom stereocenters. The van der Waals surface area contributed by atoms with Crippen molar-refractivity contribution in [3.63, 3.8) is 0 Å². The molecule has 0 fully saturated rings. The molecular formula is C18H24OSi. The fraction of sp³-hybridized carbons (Fsp3) is 0.333. The molecular weight excluding hydrogens is 260 g/mol. The maximum absolute atomic E-state index is 9.80. The van der Waals surface area contributed by atoms with Crippen LogP contribution < -0.4 is 5.19 Å². The van der Waals surface area contributed by atoms with Crippen LogP contribution in [0.5, 0.6) is 5.75 Å². The molecule has 0 spiro atoms. The number of phenolic OH excluding ortho intramolecular Hbond substituents is 1. The minimum absolute atomic E-state index is 0.195. The first kappa shape index (κ1) is 14.9. The second-order valence-corrected chi connectivity index (χ2v) is 7.95. The van der Waals surface area contributed by atoms with Crippen LogP contribution in [0.1, 0.15) is 27.8 Å². The van der Waals surface area contributed by atoms with E-state index in [1.807, 2.05) is 13.8 Å². The van der Waals surface area contributed by atoms with Crippen molar-refractivity contribution in [3.05, 3.63) is 58.1 Å². The van der Waals surface area contributed by atoms with Gasteiger partial charge in [0, 0.05) is 0 Å². The van der Waals surface area contributed by atoms with E-state index < -0.39 is 0 Å². The zero-order chi connectivity index (χ0) is 14.7. The molecule has 0 saturated heterocycles. The fourth-order valence-corrected chi connectivity index (χ4v) is 4.83. The maximum Gasteiger partial charge on any atom is 0.121 e. The number of hydrogen-bond donors (Lipinski definition) is 1. The van der Waals surface area contributed by atoms with E-state index in [0.29, 0.717) is 5.75 Å². The van der Waals surface area contributed by atoms with E-state index in [1.54, 1.807) is 5.19 Å². The summed E-state index contributed by atoms with van der Waals surface area (Å²) < 4.78 is 0. The molecule has 2 rings (SSSR count). The summed E-state index contributed by atoms with van der Waals surface area (Å²) in [6, 6.07) is 12.5. The lowest BCUT2D eigenvalue weighted by Crippen LogP contribution is -2.15. The molecule has 0 aromatic heterocycles. The molecule has 2 aromatic carbocycles. The Kier molecular flexibility index (Phi) is 4.66. The van der Waals surface area contributed by atoms with Gasteiger partial charge in [0.15, 0.2) is 0 Å². The fourth-order valence-electron chi connectivity index (χ4n) is 2.90. The highest BCUT2D eigenvalue weighted by atomic mass is 28.2. The molecule has 0 saturated carbocycles. The van der Waals surface area contributed by atoms with Gasteiger partial charge in [-0.05, 0) is 50.8 Å². The Morgan fingerprint density at radius 3 is 1.95 bits per heavy atom. The average Bonchev–Trinajstić information content (AvgIpc) is 2.34. The van der Waals surface area contributed by atoms with Gasteiger partial charge in [0.2, 0.25) is 0 Å². The lowest BCUT2D eigenvalue weighted by molar-refractivity contribution is 0.466. The van der Waals surface area contributed by atoms with Gasteiger partial charge in [-0.25, -0.2) is 0 Å². The van der Waals surface area contributed by atoms with Crippen molar-refractivity contribution < 1.29 is 5.11 Å². The number of benzene rings is 2. The van der Waals surface area contributed by atoms with Crippen molar-refractivity contribution in [2.24, 2.45) is 0 Å². The molecule has 2 heteroatoms. The summed E-state index contributed by atoms with van der Waals surface area (Å²) in [5.74, 6) is 0.445. The first-order valence-corrected chi connectivity index (χ1v) is 9.02. The summed E-state index contributed by atoms with van der Waals surface area (Å²) in [5.41, 5.74) is 6.10. The third kappa shape index (κ3) is 3.73. The molecule has 0 bridgehead atoms. The van der Waals surface area contributed by atoms with E-state index in [-0.39, 0.29) is 9.52 Å². The Labute approximate surface area is 124 Å². The Hall–Kier alpha value is -1.54. The number of hydrogen-bond acceptors (Lipinski definition) is 1. The third-order valence-corrected chi connectivity index (χ3v) is 5.46. The second kappa shape index (κ2) is 6.27. The highest BCUT2D eigenvalue weighted by Crippen LogP contribution is 2.23. The Morgan fingerprint density at radius 2 is 1.40 bits per heavy atom. The van der Waals surface area contributed by atoms with Crippen LogP contribution in [0.15, 0.2) is 30.3 Å². The molecule has 0 heterocycles. The van der Waals surface area contributed by atoms with Gasteiger partial charge < -0.3 is 5.11 Å². The van der Waals surface area contributed by atoms with Crippen molar-refractivity contribution in [2.75, 3.05) is 0 Å². The van der Waals surface area contributed by atoms with Crippen molar-refractivity contribution >= 4 is 14.7 Å². The van der Waals surface area contributed by atoms with Gasteiger partial charge in [0.05, 0.1) is 9.52 Å². The number of aryl methyl sites for hydroxylation is 5. The molecule has 0 aliphatic carbocycles. The largest absolute Gasteiger partial charge is 0.507 e. The molecule has 2 aromatic rings. The van der Waals surface area contributed by atoms with Gasteiger partial charge >= 0.3 is 0 Å². The zero-order valence-corrected chi connectivity index (χ0v) is 14.4. The van der Waals surface area contributed by atoms with Crippen LogP contribution in [0.25, 0.3) is 0 Å². The van der Waals surface area contributed by atoms with Crippen molar-refractivity contribution in [3.8, 4) is 5.75 Å². The predicted octanol–water partition coefficient (Wildman–Crippen LogP) is 3.08. The van der Waals surface area contributed by atoms with Gasteiger partial charge in [-0.3, -0.25) is 0 Å². The van der Waals surface area contributed by atoms with Crippen molar-refractivity contribution in [1.29, 1.82) is 0 Å². The van der Waals surface area contributed by atoms with Crippen LogP contribution in [-0.2, 0) is 6.42 Å². The molecule has 0 unspecified atom stereocenters. The van der Waals surface area contributed by atoms with Crippen LogP contribution in [0, 0.1) is 27.7 Å². The van der Waals surface area contributed by atoms with E-state index in [1.165, 1.54) is 22.7 Å². The number of rotatable bonds is 4. The van der Waals surface area contributed by atoms with Gasteiger partial charge in [-0.2, -0.15) is 0 Å². The summed E-state index contributed by atoms with van der Waals surface area (Å²) >= 11 is 0. The van der Waals surface area contributed by atoms with Gasteiger partial charge in [-0.1, -0.05) is 52.7 Å². The lowest BCUT2D eigenvalue weighted by atomic mass is 10.0. The maximum atomic E-state index is 9.80. The standard InChI is InChI=1S/C18H24OSi/c1-12-7-13(2)9-17(8-12)20-6-5-16-10-14(3)18(19)15(4)11-16/h7-11,19H,5-6,20H2,1-4H3. The van der Waals surface area contributed by atoms with Crippen LogP contribution in [-0.4, -0.2) is 14.6 Å². The highest BCUT2D eigenvalue weighted by molar-refractivity contribution is 6.53. The summed E-state index contributed by atoms with van der Waals surface area (Å²) in [5, 5.41) is 11.4. The first-order valence-electron chi connectivity index (χ1n) is 7.32. The Morgan fingerprint density at radius 1 is 0.850 bits per heavy atom.